The Hall–Kier alpha value is -1.55. The quantitative estimate of drug-likeness (QED) is 0.827. The molecule has 2 N–H and O–H groups in total. The Labute approximate surface area is 126 Å². The molecule has 0 aliphatic rings. The standard InChI is InChI=1S/C15H21NO4S/c1-15(2,3)16-21(18,19)13-8-9-14(20-4)12(11-13)7-5-6-10-17/h8-9,11,16-17H,6,10H2,1-4H3. The van der Waals surface area contributed by atoms with Gasteiger partial charge in [0.05, 0.1) is 24.2 Å². The van der Waals surface area contributed by atoms with E-state index in [0.29, 0.717) is 17.7 Å². The molecule has 0 amide bonds. The molecule has 6 heteroatoms. The van der Waals surface area contributed by atoms with Gasteiger partial charge in [-0.25, -0.2) is 13.1 Å². The highest BCUT2D eigenvalue weighted by Gasteiger charge is 2.22. The smallest absolute Gasteiger partial charge is 0.241 e. The van der Waals surface area contributed by atoms with E-state index in [2.05, 4.69) is 16.6 Å². The first-order chi connectivity index (χ1) is 9.69. The molecule has 0 unspecified atom stereocenters. The van der Waals surface area contributed by atoms with Gasteiger partial charge in [0.1, 0.15) is 5.75 Å². The Kier molecular flexibility index (Phi) is 5.78. The molecule has 0 fully saturated rings. The van der Waals surface area contributed by atoms with Crippen molar-refractivity contribution in [2.75, 3.05) is 13.7 Å². The summed E-state index contributed by atoms with van der Waals surface area (Å²) in [6.07, 6.45) is 0.320. The van der Waals surface area contributed by atoms with Crippen molar-refractivity contribution in [3.63, 3.8) is 0 Å². The molecule has 0 aliphatic heterocycles. The van der Waals surface area contributed by atoms with Crippen LogP contribution in [0.2, 0.25) is 0 Å². The minimum atomic E-state index is -3.62. The fourth-order valence-corrected chi connectivity index (χ4v) is 3.07. The van der Waals surface area contributed by atoms with Crippen molar-refractivity contribution in [3.05, 3.63) is 23.8 Å². The molecule has 0 radical (unpaired) electrons. The second-order valence-electron chi connectivity index (χ2n) is 5.49. The Balaban J connectivity index is 3.23. The lowest BCUT2D eigenvalue weighted by molar-refractivity contribution is 0.305. The summed E-state index contributed by atoms with van der Waals surface area (Å²) >= 11 is 0. The van der Waals surface area contributed by atoms with E-state index in [9.17, 15) is 8.42 Å². The van der Waals surface area contributed by atoms with Crippen molar-refractivity contribution < 1.29 is 18.3 Å². The predicted octanol–water partition coefficient (Wildman–Crippen LogP) is 1.51. The molecule has 1 aromatic carbocycles. The van der Waals surface area contributed by atoms with Crippen molar-refractivity contribution in [1.82, 2.24) is 4.72 Å². The van der Waals surface area contributed by atoms with Gasteiger partial charge in [-0.15, -0.1) is 0 Å². The molecule has 0 atom stereocenters. The largest absolute Gasteiger partial charge is 0.495 e. The minimum absolute atomic E-state index is 0.0428. The number of hydrogen-bond donors (Lipinski definition) is 2. The van der Waals surface area contributed by atoms with E-state index in [1.807, 2.05) is 0 Å². The summed E-state index contributed by atoms with van der Waals surface area (Å²) in [5.41, 5.74) is -0.0932. The normalized spacial score (nSPS) is 11.7. The van der Waals surface area contributed by atoms with Crippen LogP contribution in [0.3, 0.4) is 0 Å². The van der Waals surface area contributed by atoms with Gasteiger partial charge in [-0.05, 0) is 39.0 Å². The van der Waals surface area contributed by atoms with Gasteiger partial charge in [0.25, 0.3) is 0 Å². The van der Waals surface area contributed by atoms with E-state index in [1.54, 1.807) is 26.8 Å². The number of benzene rings is 1. The minimum Gasteiger partial charge on any atom is -0.495 e. The van der Waals surface area contributed by atoms with Crippen molar-refractivity contribution in [2.24, 2.45) is 0 Å². The van der Waals surface area contributed by atoms with E-state index in [-0.39, 0.29) is 11.5 Å². The van der Waals surface area contributed by atoms with Gasteiger partial charge in [-0.3, -0.25) is 0 Å². The number of sulfonamides is 1. The summed E-state index contributed by atoms with van der Waals surface area (Å²) in [7, 11) is -2.12. The number of hydrogen-bond acceptors (Lipinski definition) is 4. The maximum Gasteiger partial charge on any atom is 0.241 e. The third-order valence-corrected chi connectivity index (χ3v) is 4.14. The lowest BCUT2D eigenvalue weighted by Gasteiger charge is -2.20. The van der Waals surface area contributed by atoms with Crippen LogP contribution in [0, 0.1) is 11.8 Å². The van der Waals surface area contributed by atoms with Crippen molar-refractivity contribution in [3.8, 4) is 17.6 Å². The van der Waals surface area contributed by atoms with Crippen molar-refractivity contribution in [1.29, 1.82) is 0 Å². The van der Waals surface area contributed by atoms with Gasteiger partial charge in [-0.1, -0.05) is 11.8 Å². The SMILES string of the molecule is COc1ccc(S(=O)(=O)NC(C)(C)C)cc1C#CCCO. The monoisotopic (exact) mass is 311 g/mol. The molecule has 0 spiro atoms. The Morgan fingerprint density at radius 2 is 2.00 bits per heavy atom. The summed E-state index contributed by atoms with van der Waals surface area (Å²) in [6, 6.07) is 4.52. The maximum atomic E-state index is 12.3. The maximum absolute atomic E-state index is 12.3. The van der Waals surface area contributed by atoms with Crippen LogP contribution in [-0.2, 0) is 10.0 Å². The molecule has 0 heterocycles. The molecule has 0 saturated carbocycles. The van der Waals surface area contributed by atoms with Gasteiger partial charge in [0, 0.05) is 12.0 Å². The van der Waals surface area contributed by atoms with Gasteiger partial charge in [-0.2, -0.15) is 0 Å². The zero-order valence-electron chi connectivity index (χ0n) is 12.7. The number of rotatable bonds is 4. The van der Waals surface area contributed by atoms with E-state index in [0.717, 1.165) is 0 Å². The van der Waals surface area contributed by atoms with Crippen LogP contribution in [0.25, 0.3) is 0 Å². The topological polar surface area (TPSA) is 75.6 Å². The first-order valence-corrected chi connectivity index (χ1v) is 7.99. The van der Waals surface area contributed by atoms with Crippen LogP contribution in [0.5, 0.6) is 5.75 Å². The first kappa shape index (κ1) is 17.5. The Morgan fingerprint density at radius 1 is 1.33 bits per heavy atom. The zero-order valence-corrected chi connectivity index (χ0v) is 13.5. The molecule has 116 valence electrons. The zero-order chi connectivity index (χ0) is 16.1. The number of aliphatic hydroxyl groups is 1. The third kappa shape index (κ3) is 5.38. The second kappa shape index (κ2) is 6.94. The molecule has 0 saturated heterocycles. The molecule has 1 rings (SSSR count). The first-order valence-electron chi connectivity index (χ1n) is 6.51. The average Bonchev–Trinajstić information content (AvgIpc) is 2.36. The molecule has 1 aromatic rings. The molecular weight excluding hydrogens is 290 g/mol. The second-order valence-corrected chi connectivity index (χ2v) is 7.18. The molecule has 0 bridgehead atoms. The van der Waals surface area contributed by atoms with Crippen molar-refractivity contribution in [2.45, 2.75) is 37.6 Å². The van der Waals surface area contributed by atoms with E-state index >= 15 is 0 Å². The summed E-state index contributed by atoms with van der Waals surface area (Å²) in [4.78, 5) is 0.131. The summed E-state index contributed by atoms with van der Waals surface area (Å²) in [5, 5.41) is 8.74. The molecule has 21 heavy (non-hydrogen) atoms. The predicted molar refractivity (Wildman–Crippen MR) is 81.6 cm³/mol. The Morgan fingerprint density at radius 3 is 2.52 bits per heavy atom. The van der Waals surface area contributed by atoms with Crippen LogP contribution in [0.1, 0.15) is 32.8 Å². The molecule has 0 aromatic heterocycles. The highest BCUT2D eigenvalue weighted by molar-refractivity contribution is 7.89. The Bertz CT molecular complexity index is 648. The van der Waals surface area contributed by atoms with Crippen LogP contribution < -0.4 is 9.46 Å². The van der Waals surface area contributed by atoms with E-state index < -0.39 is 15.6 Å². The number of nitrogens with one attached hydrogen (secondary N) is 1. The van der Waals surface area contributed by atoms with Crippen LogP contribution in [0.15, 0.2) is 23.1 Å². The number of aliphatic hydroxyl groups excluding tert-OH is 1. The lowest BCUT2D eigenvalue weighted by atomic mass is 10.1. The summed E-state index contributed by atoms with van der Waals surface area (Å²) in [6.45, 7) is 5.28. The van der Waals surface area contributed by atoms with Gasteiger partial charge in [0.2, 0.25) is 10.0 Å². The summed E-state index contributed by atoms with van der Waals surface area (Å²) < 4.78 is 32.3. The highest BCUT2D eigenvalue weighted by atomic mass is 32.2. The average molecular weight is 311 g/mol. The number of ether oxygens (including phenoxy) is 1. The van der Waals surface area contributed by atoms with Gasteiger partial charge in [0.15, 0.2) is 0 Å². The molecule has 5 nitrogen and oxygen atoms in total. The molecular formula is C15H21NO4S. The van der Waals surface area contributed by atoms with Crippen LogP contribution >= 0.6 is 0 Å². The molecule has 0 aliphatic carbocycles. The van der Waals surface area contributed by atoms with Gasteiger partial charge < -0.3 is 9.84 Å². The van der Waals surface area contributed by atoms with Crippen molar-refractivity contribution >= 4 is 10.0 Å². The van der Waals surface area contributed by atoms with E-state index in [1.165, 1.54) is 19.2 Å². The highest BCUT2D eigenvalue weighted by Crippen LogP contribution is 2.22. The van der Waals surface area contributed by atoms with Gasteiger partial charge >= 0.3 is 0 Å². The lowest BCUT2D eigenvalue weighted by Crippen LogP contribution is -2.40. The fraction of sp³-hybridized carbons (Fsp3) is 0.467. The van der Waals surface area contributed by atoms with Crippen LogP contribution in [0.4, 0.5) is 0 Å². The van der Waals surface area contributed by atoms with Crippen LogP contribution in [-0.4, -0.2) is 32.8 Å². The third-order valence-electron chi connectivity index (χ3n) is 2.38. The number of methoxy groups -OCH3 is 1. The summed E-state index contributed by atoms with van der Waals surface area (Å²) in [5.74, 6) is 6.07. The fourth-order valence-electron chi connectivity index (χ4n) is 1.63. The van der Waals surface area contributed by atoms with E-state index in [4.69, 9.17) is 9.84 Å².